The molecule has 0 unspecified atom stereocenters. The molecule has 120 valence electrons. The molecule has 0 aromatic heterocycles. The largest absolute Gasteiger partial charge is 0.493 e. The number of hydrogen-bond acceptors (Lipinski definition) is 3. The van der Waals surface area contributed by atoms with Crippen molar-refractivity contribution in [3.05, 3.63) is 56.7 Å². The number of amides is 1. The van der Waals surface area contributed by atoms with E-state index < -0.39 is 0 Å². The molecule has 0 saturated carbocycles. The Morgan fingerprint density at radius 3 is 2.43 bits per heavy atom. The van der Waals surface area contributed by atoms with Gasteiger partial charge in [-0.2, -0.15) is 0 Å². The maximum absolute atomic E-state index is 12.9. The molecule has 0 bridgehead atoms. The summed E-state index contributed by atoms with van der Waals surface area (Å²) in [7, 11) is 3.17. The van der Waals surface area contributed by atoms with Crippen LogP contribution in [0.4, 0.5) is 0 Å². The van der Waals surface area contributed by atoms with Gasteiger partial charge in [0.25, 0.3) is 5.91 Å². The SMILES string of the molecule is COc1cc(I)c(C(=O)N2CCc3ccccc3C2)cc1OC. The minimum Gasteiger partial charge on any atom is -0.493 e. The average Bonchev–Trinajstić information content (AvgIpc) is 2.60. The van der Waals surface area contributed by atoms with Crippen LogP contribution >= 0.6 is 22.6 Å². The molecule has 0 N–H and O–H groups in total. The van der Waals surface area contributed by atoms with Crippen molar-refractivity contribution in [3.8, 4) is 11.5 Å². The third-order valence-corrected chi connectivity index (χ3v) is 5.01. The first-order valence-corrected chi connectivity index (χ1v) is 8.49. The summed E-state index contributed by atoms with van der Waals surface area (Å²) >= 11 is 2.17. The third-order valence-electron chi connectivity index (χ3n) is 4.12. The zero-order valence-corrected chi connectivity index (χ0v) is 15.3. The first-order valence-electron chi connectivity index (χ1n) is 7.41. The Labute approximate surface area is 149 Å². The van der Waals surface area contributed by atoms with E-state index >= 15 is 0 Å². The smallest absolute Gasteiger partial charge is 0.255 e. The van der Waals surface area contributed by atoms with Crippen LogP contribution in [-0.2, 0) is 13.0 Å². The van der Waals surface area contributed by atoms with Crippen molar-refractivity contribution < 1.29 is 14.3 Å². The number of nitrogens with zero attached hydrogens (tertiary/aromatic N) is 1. The Hall–Kier alpha value is -1.76. The number of hydrogen-bond donors (Lipinski definition) is 0. The number of halogens is 1. The van der Waals surface area contributed by atoms with Gasteiger partial charge in [-0.25, -0.2) is 0 Å². The summed E-state index contributed by atoms with van der Waals surface area (Å²) in [4.78, 5) is 14.8. The highest BCUT2D eigenvalue weighted by Gasteiger charge is 2.24. The van der Waals surface area contributed by atoms with Gasteiger partial charge >= 0.3 is 0 Å². The van der Waals surface area contributed by atoms with Crippen LogP contribution in [0.1, 0.15) is 21.5 Å². The Bertz CT molecular complexity index is 745. The summed E-state index contributed by atoms with van der Waals surface area (Å²) in [5.74, 6) is 1.25. The fourth-order valence-corrected chi connectivity index (χ4v) is 3.53. The highest BCUT2D eigenvalue weighted by atomic mass is 127. The number of rotatable bonds is 3. The Balaban J connectivity index is 1.89. The third kappa shape index (κ3) is 3.15. The van der Waals surface area contributed by atoms with Crippen LogP contribution in [0.2, 0.25) is 0 Å². The number of benzene rings is 2. The average molecular weight is 423 g/mol. The topological polar surface area (TPSA) is 38.8 Å². The van der Waals surface area contributed by atoms with E-state index in [0.29, 0.717) is 23.6 Å². The molecule has 5 heteroatoms. The Morgan fingerprint density at radius 1 is 1.09 bits per heavy atom. The fraction of sp³-hybridized carbons (Fsp3) is 0.278. The van der Waals surface area contributed by atoms with E-state index in [0.717, 1.165) is 16.5 Å². The number of ether oxygens (including phenoxy) is 2. The lowest BCUT2D eigenvalue weighted by atomic mass is 9.99. The van der Waals surface area contributed by atoms with Gasteiger partial charge < -0.3 is 14.4 Å². The quantitative estimate of drug-likeness (QED) is 0.710. The van der Waals surface area contributed by atoms with E-state index in [1.54, 1.807) is 20.3 Å². The molecule has 3 rings (SSSR count). The van der Waals surface area contributed by atoms with E-state index in [4.69, 9.17) is 9.47 Å². The van der Waals surface area contributed by atoms with Crippen LogP contribution in [0.25, 0.3) is 0 Å². The van der Waals surface area contributed by atoms with Gasteiger partial charge in [0.1, 0.15) is 0 Å². The Morgan fingerprint density at radius 2 is 1.74 bits per heavy atom. The van der Waals surface area contributed by atoms with Gasteiger partial charge in [-0.15, -0.1) is 0 Å². The number of methoxy groups -OCH3 is 2. The van der Waals surface area contributed by atoms with Gasteiger partial charge in [0.15, 0.2) is 11.5 Å². The molecule has 0 atom stereocenters. The van der Waals surface area contributed by atoms with Gasteiger partial charge in [-0.3, -0.25) is 4.79 Å². The van der Waals surface area contributed by atoms with Crippen LogP contribution in [0, 0.1) is 3.57 Å². The molecule has 2 aromatic rings. The van der Waals surface area contributed by atoms with Crippen LogP contribution < -0.4 is 9.47 Å². The molecule has 2 aromatic carbocycles. The molecule has 1 heterocycles. The standard InChI is InChI=1S/C18H18INO3/c1-22-16-9-14(15(19)10-17(16)23-2)18(21)20-8-7-12-5-3-4-6-13(12)11-20/h3-6,9-10H,7-8,11H2,1-2H3. The lowest BCUT2D eigenvalue weighted by Gasteiger charge is -2.29. The maximum atomic E-state index is 12.9. The monoisotopic (exact) mass is 423 g/mol. The van der Waals surface area contributed by atoms with E-state index in [-0.39, 0.29) is 5.91 Å². The van der Waals surface area contributed by atoms with Crippen molar-refractivity contribution in [1.82, 2.24) is 4.90 Å². The Kier molecular flexibility index (Phi) is 4.75. The second-order valence-corrected chi connectivity index (χ2v) is 6.59. The van der Waals surface area contributed by atoms with E-state index in [1.807, 2.05) is 23.1 Å². The molecule has 4 nitrogen and oxygen atoms in total. The molecule has 1 aliphatic heterocycles. The van der Waals surface area contributed by atoms with Crippen molar-refractivity contribution in [2.45, 2.75) is 13.0 Å². The lowest BCUT2D eigenvalue weighted by Crippen LogP contribution is -2.36. The van der Waals surface area contributed by atoms with Crippen LogP contribution in [0.15, 0.2) is 36.4 Å². The molecular formula is C18H18INO3. The van der Waals surface area contributed by atoms with Crippen molar-refractivity contribution >= 4 is 28.5 Å². The summed E-state index contributed by atoms with van der Waals surface area (Å²) in [5.41, 5.74) is 3.21. The normalized spacial score (nSPS) is 13.4. The molecule has 0 aliphatic carbocycles. The second kappa shape index (κ2) is 6.78. The van der Waals surface area contributed by atoms with Gasteiger partial charge in [0.05, 0.1) is 19.8 Å². The number of fused-ring (bicyclic) bond motifs is 1. The van der Waals surface area contributed by atoms with E-state index in [1.165, 1.54) is 11.1 Å². The maximum Gasteiger partial charge on any atom is 0.255 e. The van der Waals surface area contributed by atoms with Crippen LogP contribution in [0.3, 0.4) is 0 Å². The first-order chi connectivity index (χ1) is 11.1. The molecule has 0 saturated heterocycles. The summed E-state index contributed by atoms with van der Waals surface area (Å²) in [5, 5.41) is 0. The summed E-state index contributed by atoms with van der Waals surface area (Å²) in [6, 6.07) is 11.9. The minimum atomic E-state index is 0.0323. The lowest BCUT2D eigenvalue weighted by molar-refractivity contribution is 0.0733. The predicted molar refractivity (Wildman–Crippen MR) is 97.1 cm³/mol. The molecule has 0 spiro atoms. The summed E-state index contributed by atoms with van der Waals surface area (Å²) < 4.78 is 11.5. The van der Waals surface area contributed by atoms with Gasteiger partial charge in [0.2, 0.25) is 0 Å². The van der Waals surface area contributed by atoms with Crippen molar-refractivity contribution in [1.29, 1.82) is 0 Å². The molecule has 23 heavy (non-hydrogen) atoms. The summed E-state index contributed by atoms with van der Waals surface area (Å²) in [6.45, 7) is 1.39. The second-order valence-electron chi connectivity index (χ2n) is 5.43. The molecule has 1 aliphatic rings. The zero-order chi connectivity index (χ0) is 16.4. The molecule has 0 radical (unpaired) electrons. The van der Waals surface area contributed by atoms with Gasteiger partial charge in [-0.05, 0) is 52.3 Å². The van der Waals surface area contributed by atoms with E-state index in [9.17, 15) is 4.79 Å². The van der Waals surface area contributed by atoms with Gasteiger partial charge in [0, 0.05) is 16.7 Å². The predicted octanol–water partition coefficient (Wildman–Crippen LogP) is 3.51. The van der Waals surface area contributed by atoms with E-state index in [2.05, 4.69) is 34.7 Å². The first kappa shape index (κ1) is 16.1. The highest BCUT2D eigenvalue weighted by molar-refractivity contribution is 14.1. The highest BCUT2D eigenvalue weighted by Crippen LogP contribution is 2.32. The minimum absolute atomic E-state index is 0.0323. The number of carbonyl (C=O) groups excluding carboxylic acids is 1. The molecular weight excluding hydrogens is 405 g/mol. The van der Waals surface area contributed by atoms with Crippen molar-refractivity contribution in [2.24, 2.45) is 0 Å². The fourth-order valence-electron chi connectivity index (χ4n) is 2.86. The van der Waals surface area contributed by atoms with Crippen molar-refractivity contribution in [3.63, 3.8) is 0 Å². The number of carbonyl (C=O) groups is 1. The molecule has 1 amide bonds. The van der Waals surface area contributed by atoms with Gasteiger partial charge in [-0.1, -0.05) is 24.3 Å². The van der Waals surface area contributed by atoms with Crippen molar-refractivity contribution in [2.75, 3.05) is 20.8 Å². The zero-order valence-electron chi connectivity index (χ0n) is 13.1. The molecule has 0 fully saturated rings. The van der Waals surface area contributed by atoms with Crippen LogP contribution in [-0.4, -0.2) is 31.6 Å². The summed E-state index contributed by atoms with van der Waals surface area (Å²) in [6.07, 6.45) is 0.895. The van der Waals surface area contributed by atoms with Crippen LogP contribution in [0.5, 0.6) is 11.5 Å².